The molecule has 3 aromatic carbocycles. The van der Waals surface area contributed by atoms with Crippen molar-refractivity contribution in [2.45, 2.75) is 0 Å². The van der Waals surface area contributed by atoms with E-state index in [0.717, 1.165) is 22.9 Å². The van der Waals surface area contributed by atoms with Crippen LogP contribution in [0.2, 0.25) is 0 Å². The van der Waals surface area contributed by atoms with Crippen LogP contribution in [0.25, 0.3) is 16.6 Å². The van der Waals surface area contributed by atoms with Crippen molar-refractivity contribution in [2.75, 3.05) is 0 Å². The maximum atomic E-state index is 11.8. The number of nitrogens with zero attached hydrogens (tertiary/aromatic N) is 7. The summed E-state index contributed by atoms with van der Waals surface area (Å²) in [6.45, 7) is 0. The lowest BCUT2D eigenvalue weighted by atomic mass is 10.2. The van der Waals surface area contributed by atoms with E-state index >= 15 is 0 Å². The molecule has 176 valence electrons. The van der Waals surface area contributed by atoms with Gasteiger partial charge in [0.05, 0.1) is 37.1 Å². The Hall–Kier alpha value is -5.67. The van der Waals surface area contributed by atoms with E-state index in [2.05, 4.69) is 4.99 Å². The summed E-state index contributed by atoms with van der Waals surface area (Å²) in [7, 11) is 0. The Kier molecular flexibility index (Phi) is 5.38. The summed E-state index contributed by atoms with van der Waals surface area (Å²) in [6.07, 6.45) is 0. The van der Waals surface area contributed by atoms with Crippen LogP contribution in [0.4, 0.5) is 28.4 Å². The lowest BCUT2D eigenvalue weighted by molar-refractivity contribution is -0.393. The van der Waals surface area contributed by atoms with E-state index in [4.69, 9.17) is 0 Å². The smallest absolute Gasteiger partial charge is 0.289 e. The zero-order chi connectivity index (χ0) is 25.4. The third-order valence-electron chi connectivity index (χ3n) is 4.88. The van der Waals surface area contributed by atoms with Crippen LogP contribution in [0.5, 0.6) is 0 Å². The average molecular weight is 481 g/mol. The fourth-order valence-electron chi connectivity index (χ4n) is 3.41. The van der Waals surface area contributed by atoms with E-state index in [1.54, 1.807) is 0 Å². The first-order chi connectivity index (χ1) is 16.6. The Labute approximate surface area is 191 Å². The topological polar surface area (TPSA) is 215 Å². The first-order valence-corrected chi connectivity index (χ1v) is 9.42. The molecule has 0 unspecified atom stereocenters. The summed E-state index contributed by atoms with van der Waals surface area (Å²) in [5.41, 5.74) is -3.09. The average Bonchev–Trinajstić information content (AvgIpc) is 3.09. The number of rotatable bonds is 6. The van der Waals surface area contributed by atoms with Crippen LogP contribution in [0.3, 0.4) is 0 Å². The van der Waals surface area contributed by atoms with Gasteiger partial charge in [-0.05, 0) is 12.1 Å². The van der Waals surface area contributed by atoms with E-state index in [0.29, 0.717) is 10.9 Å². The molecule has 1 heterocycles. The van der Waals surface area contributed by atoms with Gasteiger partial charge in [-0.2, -0.15) is 0 Å². The van der Waals surface area contributed by atoms with E-state index in [-0.39, 0.29) is 33.6 Å². The quantitative estimate of drug-likeness (QED) is 0.242. The molecule has 4 rings (SSSR count). The third-order valence-corrected chi connectivity index (χ3v) is 4.88. The Morgan fingerprint density at radius 2 is 1.31 bits per heavy atom. The molecule has 35 heavy (non-hydrogen) atoms. The first-order valence-electron chi connectivity index (χ1n) is 9.42. The minimum atomic E-state index is -0.917. The van der Waals surface area contributed by atoms with Crippen molar-refractivity contribution < 1.29 is 24.9 Å². The van der Waals surface area contributed by atoms with Crippen molar-refractivity contribution in [1.82, 2.24) is 9.53 Å². The summed E-state index contributed by atoms with van der Waals surface area (Å²) < 4.78 is 0.854. The van der Waals surface area contributed by atoms with Crippen LogP contribution >= 0.6 is 0 Å². The Balaban J connectivity index is 2.20. The Morgan fingerprint density at radius 3 is 1.91 bits per heavy atom. The fourth-order valence-corrected chi connectivity index (χ4v) is 3.41. The molecule has 0 aliphatic heterocycles. The van der Waals surface area contributed by atoms with E-state index in [1.165, 1.54) is 36.4 Å². The second kappa shape index (κ2) is 8.35. The van der Waals surface area contributed by atoms with Crippen molar-refractivity contribution in [1.29, 1.82) is 0 Å². The van der Waals surface area contributed by atoms with E-state index < -0.39 is 36.6 Å². The minimum Gasteiger partial charge on any atom is -0.412 e. The highest BCUT2D eigenvalue weighted by atomic mass is 16.6. The first kappa shape index (κ1) is 22.5. The van der Waals surface area contributed by atoms with Crippen LogP contribution in [-0.4, -0.2) is 34.4 Å². The zero-order valence-corrected chi connectivity index (χ0v) is 17.1. The largest absolute Gasteiger partial charge is 0.412 e. The van der Waals surface area contributed by atoms with Gasteiger partial charge in [-0.1, -0.05) is 12.1 Å². The van der Waals surface area contributed by atoms with Crippen molar-refractivity contribution in [2.24, 2.45) is 4.99 Å². The van der Waals surface area contributed by atoms with Crippen LogP contribution in [-0.2, 0) is 0 Å². The SMILES string of the molecule is O=[N+]([O-])c1cccc(N=c2c3c([N+](=O)[O-])cc([N+](=O)[O-])cc3n(O)n2-c2cccc([N+](=O)[O-])c2)c1. The molecule has 0 saturated heterocycles. The highest BCUT2D eigenvalue weighted by Gasteiger charge is 2.27. The maximum absolute atomic E-state index is 11.8. The number of nitro benzene ring substituents is 4. The highest BCUT2D eigenvalue weighted by Crippen LogP contribution is 2.31. The van der Waals surface area contributed by atoms with Gasteiger partial charge in [-0.15, -0.1) is 4.85 Å². The van der Waals surface area contributed by atoms with Crippen LogP contribution in [0.15, 0.2) is 65.7 Å². The van der Waals surface area contributed by atoms with Crippen molar-refractivity contribution in [3.05, 3.63) is 107 Å². The van der Waals surface area contributed by atoms with Gasteiger partial charge in [-0.25, -0.2) is 9.67 Å². The molecule has 16 heteroatoms. The summed E-state index contributed by atoms with van der Waals surface area (Å²) in [5, 5.41) is 56.1. The van der Waals surface area contributed by atoms with Gasteiger partial charge in [0, 0.05) is 30.3 Å². The Morgan fingerprint density at radius 1 is 0.714 bits per heavy atom. The van der Waals surface area contributed by atoms with Crippen LogP contribution in [0, 0.1) is 40.5 Å². The molecule has 0 spiro atoms. The summed E-state index contributed by atoms with van der Waals surface area (Å²) in [5.74, 6) is 0. The van der Waals surface area contributed by atoms with Gasteiger partial charge >= 0.3 is 0 Å². The van der Waals surface area contributed by atoms with Crippen LogP contribution in [0.1, 0.15) is 0 Å². The number of aromatic nitrogens is 2. The van der Waals surface area contributed by atoms with Crippen molar-refractivity contribution in [3.8, 4) is 5.69 Å². The fraction of sp³-hybridized carbons (Fsp3) is 0. The molecule has 1 aromatic heterocycles. The number of nitro groups is 4. The molecular formula is C19H11N7O9. The maximum Gasteiger partial charge on any atom is 0.289 e. The van der Waals surface area contributed by atoms with E-state index in [9.17, 15) is 45.7 Å². The summed E-state index contributed by atoms with van der Waals surface area (Å²) in [6, 6.07) is 11.3. The number of benzene rings is 3. The molecule has 0 amide bonds. The zero-order valence-electron chi connectivity index (χ0n) is 17.1. The van der Waals surface area contributed by atoms with Gasteiger partial charge in [0.15, 0.2) is 5.49 Å². The monoisotopic (exact) mass is 481 g/mol. The van der Waals surface area contributed by atoms with E-state index in [1.807, 2.05) is 0 Å². The highest BCUT2D eigenvalue weighted by molar-refractivity contribution is 5.90. The minimum absolute atomic E-state index is 0.0430. The van der Waals surface area contributed by atoms with Gasteiger partial charge in [0.1, 0.15) is 10.9 Å². The van der Waals surface area contributed by atoms with Gasteiger partial charge < -0.3 is 5.21 Å². The Bertz CT molecular complexity index is 1640. The molecule has 0 bridgehead atoms. The lowest BCUT2D eigenvalue weighted by Crippen LogP contribution is -2.21. The van der Waals surface area contributed by atoms with Crippen molar-refractivity contribution >= 4 is 39.3 Å². The molecular weight excluding hydrogens is 470 g/mol. The van der Waals surface area contributed by atoms with Crippen molar-refractivity contribution in [3.63, 3.8) is 0 Å². The number of hydrogen-bond donors (Lipinski definition) is 1. The van der Waals surface area contributed by atoms with Gasteiger partial charge in [0.2, 0.25) is 0 Å². The summed E-state index contributed by atoms with van der Waals surface area (Å²) in [4.78, 5) is 46.9. The predicted molar refractivity (Wildman–Crippen MR) is 117 cm³/mol. The molecule has 4 aromatic rings. The second-order valence-corrected chi connectivity index (χ2v) is 6.96. The molecule has 0 radical (unpaired) electrons. The van der Waals surface area contributed by atoms with Gasteiger partial charge in [-0.3, -0.25) is 40.5 Å². The molecule has 1 N–H and O–H groups in total. The second-order valence-electron chi connectivity index (χ2n) is 6.96. The third kappa shape index (κ3) is 3.97. The molecule has 16 nitrogen and oxygen atoms in total. The molecule has 0 atom stereocenters. The standard InChI is InChI=1S/C19H11N7O9/c27-22-16-9-15(25(32)33)10-17(26(34)35)18(16)19(20-11-3-1-5-13(7-11)23(28)29)21(22)12-4-2-6-14(8-12)24(30)31/h1-10,27H. The van der Waals surface area contributed by atoms with Gasteiger partial charge in [0.25, 0.3) is 22.7 Å². The van der Waals surface area contributed by atoms with Crippen LogP contribution < -0.4 is 5.49 Å². The predicted octanol–water partition coefficient (Wildman–Crippen LogP) is 3.53. The summed E-state index contributed by atoms with van der Waals surface area (Å²) >= 11 is 0. The normalized spacial score (nSPS) is 11.5. The number of hydrogen-bond acceptors (Lipinski definition) is 10. The number of fused-ring (bicyclic) bond motifs is 1. The molecule has 0 fully saturated rings. The lowest BCUT2D eigenvalue weighted by Gasteiger charge is -2.07. The number of non-ortho nitro benzene ring substituents is 4. The molecule has 0 aliphatic rings. The molecule has 0 aliphatic carbocycles. The molecule has 0 saturated carbocycles.